The molecule has 0 spiro atoms. The van der Waals surface area contributed by atoms with Gasteiger partial charge in [0.1, 0.15) is 6.04 Å². The van der Waals surface area contributed by atoms with Gasteiger partial charge in [-0.1, -0.05) is 18.2 Å². The number of primary amides is 1. The lowest BCUT2D eigenvalue weighted by atomic mass is 10.3. The highest BCUT2D eigenvalue weighted by atomic mass is 16.1. The Labute approximate surface area is 70.8 Å². The van der Waals surface area contributed by atoms with Gasteiger partial charge in [-0.25, -0.2) is 0 Å². The summed E-state index contributed by atoms with van der Waals surface area (Å²) in [5, 5.41) is 0. The van der Waals surface area contributed by atoms with Gasteiger partial charge < -0.3 is 10.6 Å². The highest BCUT2D eigenvalue weighted by molar-refractivity contribution is 5.89. The van der Waals surface area contributed by atoms with Crippen LogP contribution in [0.3, 0.4) is 0 Å². The van der Waals surface area contributed by atoms with E-state index in [1.807, 2.05) is 35.2 Å². The van der Waals surface area contributed by atoms with Gasteiger partial charge in [-0.05, 0) is 12.1 Å². The minimum absolute atomic E-state index is 0.0765. The summed E-state index contributed by atoms with van der Waals surface area (Å²) in [5.41, 5.74) is 6.22. The number of para-hydroxylation sites is 1. The van der Waals surface area contributed by atoms with Gasteiger partial charge in [0.2, 0.25) is 5.91 Å². The number of nitrogens with two attached hydrogens (primary N) is 1. The number of hydrogen-bond donors (Lipinski definition) is 1. The van der Waals surface area contributed by atoms with Crippen molar-refractivity contribution in [3.05, 3.63) is 30.3 Å². The normalized spacial score (nSPS) is 20.7. The summed E-state index contributed by atoms with van der Waals surface area (Å²) in [5.74, 6) is -0.237. The minimum Gasteiger partial charge on any atom is -0.368 e. The van der Waals surface area contributed by atoms with Gasteiger partial charge >= 0.3 is 0 Å². The van der Waals surface area contributed by atoms with Crippen molar-refractivity contribution >= 4 is 11.6 Å². The molecular formula is C9H10N2O. The minimum atomic E-state index is -0.237. The van der Waals surface area contributed by atoms with Crippen LogP contribution in [0, 0.1) is 0 Å². The standard InChI is InChI=1S/C9H10N2O/c10-9(12)8-6-11(8)7-4-2-1-3-5-7/h1-5,8H,6H2,(H2,10,12)/t8-,11?/m0/s1. The molecule has 2 N–H and O–H groups in total. The molecule has 0 aliphatic carbocycles. The molecule has 1 atom stereocenters. The first-order valence-electron chi connectivity index (χ1n) is 3.90. The van der Waals surface area contributed by atoms with E-state index < -0.39 is 0 Å². The third-order valence-electron chi connectivity index (χ3n) is 2.03. The molecule has 3 heteroatoms. The van der Waals surface area contributed by atoms with E-state index in [-0.39, 0.29) is 11.9 Å². The summed E-state index contributed by atoms with van der Waals surface area (Å²) in [6.45, 7) is 0.763. The van der Waals surface area contributed by atoms with Crippen LogP contribution in [0.25, 0.3) is 0 Å². The van der Waals surface area contributed by atoms with E-state index in [4.69, 9.17) is 5.73 Å². The van der Waals surface area contributed by atoms with E-state index >= 15 is 0 Å². The van der Waals surface area contributed by atoms with Crippen LogP contribution in [0.4, 0.5) is 5.69 Å². The van der Waals surface area contributed by atoms with Gasteiger partial charge in [-0.15, -0.1) is 0 Å². The highest BCUT2D eigenvalue weighted by Gasteiger charge is 2.38. The molecule has 0 bridgehead atoms. The Kier molecular flexibility index (Phi) is 1.50. The Morgan fingerprint density at radius 3 is 2.58 bits per heavy atom. The molecule has 1 aliphatic rings. The maximum absolute atomic E-state index is 10.7. The average Bonchev–Trinajstić information content (AvgIpc) is 2.84. The van der Waals surface area contributed by atoms with Crippen molar-refractivity contribution in [3.63, 3.8) is 0 Å². The van der Waals surface area contributed by atoms with Crippen LogP contribution in [0.2, 0.25) is 0 Å². The van der Waals surface area contributed by atoms with E-state index in [1.54, 1.807) is 0 Å². The summed E-state index contributed by atoms with van der Waals surface area (Å²) >= 11 is 0. The zero-order chi connectivity index (χ0) is 8.55. The molecular weight excluding hydrogens is 152 g/mol. The van der Waals surface area contributed by atoms with Crippen molar-refractivity contribution in [1.82, 2.24) is 0 Å². The predicted octanol–water partition coefficient (Wildman–Crippen LogP) is 0.360. The van der Waals surface area contributed by atoms with Crippen LogP contribution in [0.1, 0.15) is 0 Å². The fourth-order valence-electron chi connectivity index (χ4n) is 1.29. The second-order valence-corrected chi connectivity index (χ2v) is 2.91. The number of carbonyl (C=O) groups excluding carboxylic acids is 1. The van der Waals surface area contributed by atoms with Crippen molar-refractivity contribution in [2.24, 2.45) is 5.73 Å². The SMILES string of the molecule is NC(=O)[C@@H]1CN1c1ccccc1. The third kappa shape index (κ3) is 1.13. The molecule has 1 saturated heterocycles. The summed E-state index contributed by atoms with van der Waals surface area (Å²) < 4.78 is 0. The third-order valence-corrected chi connectivity index (χ3v) is 2.03. The molecule has 1 amide bonds. The Hall–Kier alpha value is -1.51. The average molecular weight is 162 g/mol. The largest absolute Gasteiger partial charge is 0.368 e. The number of benzene rings is 1. The van der Waals surface area contributed by atoms with Crippen LogP contribution in [-0.4, -0.2) is 18.5 Å². The highest BCUT2D eigenvalue weighted by Crippen LogP contribution is 2.26. The molecule has 1 aliphatic heterocycles. The zero-order valence-electron chi connectivity index (χ0n) is 6.60. The van der Waals surface area contributed by atoms with Crippen molar-refractivity contribution in [2.75, 3.05) is 11.4 Å². The molecule has 1 aromatic carbocycles. The van der Waals surface area contributed by atoms with Crippen LogP contribution in [0.5, 0.6) is 0 Å². The molecule has 0 radical (unpaired) electrons. The molecule has 0 aromatic heterocycles. The summed E-state index contributed by atoms with van der Waals surface area (Å²) in [6.07, 6.45) is 0. The number of anilines is 1. The van der Waals surface area contributed by atoms with Crippen LogP contribution < -0.4 is 10.6 Å². The number of nitrogens with zero attached hydrogens (tertiary/aromatic N) is 1. The topological polar surface area (TPSA) is 46.1 Å². The molecule has 1 fully saturated rings. The van der Waals surface area contributed by atoms with Gasteiger partial charge in [-0.3, -0.25) is 4.79 Å². The first-order valence-corrected chi connectivity index (χ1v) is 3.90. The molecule has 3 nitrogen and oxygen atoms in total. The summed E-state index contributed by atoms with van der Waals surface area (Å²) in [7, 11) is 0. The number of carbonyl (C=O) groups is 1. The molecule has 12 heavy (non-hydrogen) atoms. The van der Waals surface area contributed by atoms with E-state index in [1.165, 1.54) is 0 Å². The van der Waals surface area contributed by atoms with Crippen molar-refractivity contribution in [2.45, 2.75) is 6.04 Å². The Balaban J connectivity index is 2.11. The lowest BCUT2D eigenvalue weighted by Gasteiger charge is -2.01. The lowest BCUT2D eigenvalue weighted by molar-refractivity contribution is -0.117. The van der Waals surface area contributed by atoms with E-state index in [9.17, 15) is 4.79 Å². The van der Waals surface area contributed by atoms with Crippen LogP contribution in [-0.2, 0) is 4.79 Å². The Morgan fingerprint density at radius 1 is 1.42 bits per heavy atom. The quantitative estimate of drug-likeness (QED) is 0.638. The van der Waals surface area contributed by atoms with Crippen molar-refractivity contribution in [3.8, 4) is 0 Å². The van der Waals surface area contributed by atoms with Crippen molar-refractivity contribution in [1.29, 1.82) is 0 Å². The summed E-state index contributed by atoms with van der Waals surface area (Å²) in [6, 6.07) is 9.72. The molecule has 0 unspecified atom stereocenters. The maximum Gasteiger partial charge on any atom is 0.241 e. The van der Waals surface area contributed by atoms with Gasteiger partial charge in [-0.2, -0.15) is 0 Å². The zero-order valence-corrected chi connectivity index (χ0v) is 6.60. The van der Waals surface area contributed by atoms with Gasteiger partial charge in [0.15, 0.2) is 0 Å². The smallest absolute Gasteiger partial charge is 0.241 e. The summed E-state index contributed by atoms with van der Waals surface area (Å²) in [4.78, 5) is 12.7. The van der Waals surface area contributed by atoms with E-state index in [0.29, 0.717) is 0 Å². The van der Waals surface area contributed by atoms with E-state index in [2.05, 4.69) is 0 Å². The maximum atomic E-state index is 10.7. The van der Waals surface area contributed by atoms with Gasteiger partial charge in [0, 0.05) is 12.2 Å². The predicted molar refractivity (Wildman–Crippen MR) is 46.8 cm³/mol. The molecule has 0 saturated carbocycles. The first-order chi connectivity index (χ1) is 5.79. The fourth-order valence-corrected chi connectivity index (χ4v) is 1.29. The van der Waals surface area contributed by atoms with Crippen LogP contribution in [0.15, 0.2) is 30.3 Å². The molecule has 2 rings (SSSR count). The fraction of sp³-hybridized carbons (Fsp3) is 0.222. The second kappa shape index (κ2) is 2.52. The molecule has 1 heterocycles. The van der Waals surface area contributed by atoms with Crippen molar-refractivity contribution < 1.29 is 4.79 Å². The molecule has 1 aromatic rings. The molecule has 62 valence electrons. The van der Waals surface area contributed by atoms with Gasteiger partial charge in [0.25, 0.3) is 0 Å². The second-order valence-electron chi connectivity index (χ2n) is 2.91. The van der Waals surface area contributed by atoms with Gasteiger partial charge in [0.05, 0.1) is 0 Å². The first kappa shape index (κ1) is 7.16. The monoisotopic (exact) mass is 162 g/mol. The Bertz CT molecular complexity index is 297. The number of hydrogen-bond acceptors (Lipinski definition) is 2. The van der Waals surface area contributed by atoms with E-state index in [0.717, 1.165) is 12.2 Å². The number of rotatable bonds is 2. The Morgan fingerprint density at radius 2 is 2.08 bits per heavy atom. The number of amides is 1. The lowest BCUT2D eigenvalue weighted by Crippen LogP contribution is -2.21. The van der Waals surface area contributed by atoms with Crippen LogP contribution >= 0.6 is 0 Å².